The van der Waals surface area contributed by atoms with Gasteiger partial charge in [-0.05, 0) is 29.3 Å². The molecule has 4 rings (SSSR count). The molecule has 0 radical (unpaired) electrons. The predicted molar refractivity (Wildman–Crippen MR) is 93.5 cm³/mol. The Bertz CT molecular complexity index is 879. The van der Waals surface area contributed by atoms with Gasteiger partial charge in [0.25, 0.3) is 0 Å². The molecule has 0 saturated heterocycles. The molecule has 0 N–H and O–H groups in total. The van der Waals surface area contributed by atoms with Crippen LogP contribution in [0.15, 0.2) is 60.7 Å². The summed E-state index contributed by atoms with van der Waals surface area (Å²) in [6.07, 6.45) is 2.27. The average molecular weight is 287 g/mol. The third-order valence-corrected chi connectivity index (χ3v) is 4.43. The van der Waals surface area contributed by atoms with Crippen LogP contribution < -0.4 is 4.90 Å². The van der Waals surface area contributed by atoms with E-state index < -0.39 is 0 Å². The maximum absolute atomic E-state index is 2.34. The summed E-state index contributed by atoms with van der Waals surface area (Å²) in [5.74, 6) is 0. The number of rotatable bonds is 1. The fourth-order valence-corrected chi connectivity index (χ4v) is 3.43. The zero-order valence-electron chi connectivity index (χ0n) is 13.0. The molecule has 0 unspecified atom stereocenters. The van der Waals surface area contributed by atoms with Crippen molar-refractivity contribution in [2.24, 2.45) is 0 Å². The van der Waals surface area contributed by atoms with Gasteiger partial charge in [-0.15, -0.1) is 0 Å². The smallest absolute Gasteiger partial charge is 0.224 e. The Morgan fingerprint density at radius 1 is 0.955 bits per heavy atom. The number of aryl methyl sites for hydroxylation is 1. The Labute approximate surface area is 130 Å². The first-order valence-corrected chi connectivity index (χ1v) is 7.64. The minimum atomic E-state index is 0.871. The normalized spacial score (nSPS) is 13.9. The molecule has 22 heavy (non-hydrogen) atoms. The molecular weight excluding hydrogens is 268 g/mol. The summed E-state index contributed by atoms with van der Waals surface area (Å²) in [4.78, 5) is 2.34. The Kier molecular flexibility index (Phi) is 2.97. The standard InChI is InChI=1S/C20H19N2/c1-15-19-11-7-6-8-16(19)12-17-13-22(14-21(2)20(15)17)18-9-4-3-5-10-18/h3-13H,14H2,1-2H3/q+1. The average Bonchev–Trinajstić information content (AvgIpc) is 2.55. The van der Waals surface area contributed by atoms with Gasteiger partial charge in [0.15, 0.2) is 6.21 Å². The van der Waals surface area contributed by atoms with Crippen molar-refractivity contribution in [3.8, 4) is 0 Å². The SMILES string of the molecule is Cc1c2c(cc3ccccc13)C=[N+](c1ccccc1)CN2C. The van der Waals surface area contributed by atoms with Gasteiger partial charge in [-0.1, -0.05) is 42.5 Å². The van der Waals surface area contributed by atoms with Crippen LogP contribution in [0.3, 0.4) is 0 Å². The van der Waals surface area contributed by atoms with Crippen molar-refractivity contribution in [2.45, 2.75) is 6.92 Å². The van der Waals surface area contributed by atoms with E-state index >= 15 is 0 Å². The van der Waals surface area contributed by atoms with Crippen LogP contribution in [0.1, 0.15) is 11.1 Å². The summed E-state index contributed by atoms with van der Waals surface area (Å²) in [7, 11) is 2.17. The first-order chi connectivity index (χ1) is 10.7. The summed E-state index contributed by atoms with van der Waals surface area (Å²) in [5.41, 5.74) is 5.21. The lowest BCUT2D eigenvalue weighted by Gasteiger charge is -2.26. The highest BCUT2D eigenvalue weighted by atomic mass is 15.3. The molecule has 0 saturated carbocycles. The second-order valence-corrected chi connectivity index (χ2v) is 5.93. The first-order valence-electron chi connectivity index (χ1n) is 7.64. The van der Waals surface area contributed by atoms with Crippen LogP contribution in [0, 0.1) is 6.92 Å². The van der Waals surface area contributed by atoms with Crippen LogP contribution >= 0.6 is 0 Å². The van der Waals surface area contributed by atoms with Crippen molar-refractivity contribution in [3.05, 3.63) is 71.8 Å². The monoisotopic (exact) mass is 287 g/mol. The highest BCUT2D eigenvalue weighted by Gasteiger charge is 2.24. The molecule has 2 nitrogen and oxygen atoms in total. The Morgan fingerprint density at radius 2 is 1.68 bits per heavy atom. The van der Waals surface area contributed by atoms with Crippen molar-refractivity contribution >= 4 is 28.4 Å². The number of benzene rings is 3. The number of para-hydroxylation sites is 1. The van der Waals surface area contributed by atoms with Crippen molar-refractivity contribution in [2.75, 3.05) is 18.6 Å². The minimum Gasteiger partial charge on any atom is -0.319 e. The molecule has 0 fully saturated rings. The van der Waals surface area contributed by atoms with E-state index in [1.807, 2.05) is 0 Å². The highest BCUT2D eigenvalue weighted by Crippen LogP contribution is 2.33. The second-order valence-electron chi connectivity index (χ2n) is 5.93. The first kappa shape index (κ1) is 13.1. The van der Waals surface area contributed by atoms with Gasteiger partial charge in [-0.3, -0.25) is 0 Å². The van der Waals surface area contributed by atoms with Gasteiger partial charge in [0.2, 0.25) is 12.4 Å². The van der Waals surface area contributed by atoms with E-state index in [1.54, 1.807) is 0 Å². The fraction of sp³-hybridized carbons (Fsp3) is 0.150. The highest BCUT2D eigenvalue weighted by molar-refractivity contribution is 5.99. The Morgan fingerprint density at radius 3 is 2.50 bits per heavy atom. The maximum atomic E-state index is 2.34. The molecule has 0 bridgehead atoms. The number of hydrogen-bond acceptors (Lipinski definition) is 1. The lowest BCUT2D eigenvalue weighted by molar-refractivity contribution is -0.435. The van der Waals surface area contributed by atoms with Crippen molar-refractivity contribution in [1.29, 1.82) is 0 Å². The summed E-state index contributed by atoms with van der Waals surface area (Å²) in [5, 5.41) is 2.65. The Balaban J connectivity index is 1.95. The molecule has 1 aliphatic heterocycles. The molecule has 0 amide bonds. The van der Waals surface area contributed by atoms with Crippen molar-refractivity contribution < 1.29 is 4.58 Å². The van der Waals surface area contributed by atoms with Crippen LogP contribution in [0.4, 0.5) is 11.4 Å². The minimum absolute atomic E-state index is 0.871. The van der Waals surface area contributed by atoms with E-state index in [0.717, 1.165) is 6.67 Å². The second kappa shape index (κ2) is 4.99. The zero-order valence-corrected chi connectivity index (χ0v) is 13.0. The van der Waals surface area contributed by atoms with Crippen molar-refractivity contribution in [1.82, 2.24) is 0 Å². The van der Waals surface area contributed by atoms with Crippen molar-refractivity contribution in [3.63, 3.8) is 0 Å². The molecular formula is C20H19N2+. The molecule has 1 aliphatic rings. The molecule has 3 aromatic rings. The van der Waals surface area contributed by atoms with Crippen LogP contribution in [0.25, 0.3) is 10.8 Å². The van der Waals surface area contributed by atoms with E-state index in [0.29, 0.717) is 0 Å². The largest absolute Gasteiger partial charge is 0.319 e. The molecule has 2 heteroatoms. The lowest BCUT2D eigenvalue weighted by Crippen LogP contribution is -2.33. The van der Waals surface area contributed by atoms with Crippen LogP contribution in [-0.4, -0.2) is 24.5 Å². The predicted octanol–water partition coefficient (Wildman–Crippen LogP) is 4.32. The number of nitrogens with zero attached hydrogens (tertiary/aromatic N) is 2. The van der Waals surface area contributed by atoms with E-state index in [-0.39, 0.29) is 0 Å². The van der Waals surface area contributed by atoms with Gasteiger partial charge in [-0.2, -0.15) is 4.58 Å². The number of fused-ring (bicyclic) bond motifs is 2. The molecule has 0 aliphatic carbocycles. The molecule has 3 aromatic carbocycles. The summed E-state index contributed by atoms with van der Waals surface area (Å²) < 4.78 is 2.30. The molecule has 1 heterocycles. The van der Waals surface area contributed by atoms with Crippen LogP contribution in [0.2, 0.25) is 0 Å². The third kappa shape index (κ3) is 2.00. The summed E-state index contributed by atoms with van der Waals surface area (Å²) in [6.45, 7) is 3.10. The van der Waals surface area contributed by atoms with Gasteiger partial charge in [-0.25, -0.2) is 0 Å². The van der Waals surface area contributed by atoms with Gasteiger partial charge in [0.1, 0.15) is 0 Å². The fourth-order valence-electron chi connectivity index (χ4n) is 3.43. The molecule has 0 atom stereocenters. The number of hydrogen-bond donors (Lipinski definition) is 0. The number of anilines is 1. The van der Waals surface area contributed by atoms with Gasteiger partial charge >= 0.3 is 0 Å². The Hall–Kier alpha value is -2.61. The van der Waals surface area contributed by atoms with Crippen LogP contribution in [-0.2, 0) is 0 Å². The van der Waals surface area contributed by atoms with E-state index in [1.165, 1.54) is 33.3 Å². The lowest BCUT2D eigenvalue weighted by atomic mass is 9.98. The molecule has 108 valence electrons. The molecule has 0 spiro atoms. The zero-order chi connectivity index (χ0) is 15.1. The van der Waals surface area contributed by atoms with Gasteiger partial charge in [0.05, 0.1) is 11.3 Å². The third-order valence-electron chi connectivity index (χ3n) is 4.43. The van der Waals surface area contributed by atoms with E-state index in [2.05, 4.69) is 90.3 Å². The summed E-state index contributed by atoms with van der Waals surface area (Å²) in [6, 6.07) is 21.5. The van der Waals surface area contributed by atoms with E-state index in [4.69, 9.17) is 0 Å². The maximum Gasteiger partial charge on any atom is 0.224 e. The summed E-state index contributed by atoms with van der Waals surface area (Å²) >= 11 is 0. The topological polar surface area (TPSA) is 6.25 Å². The quantitative estimate of drug-likeness (QED) is 0.604. The van der Waals surface area contributed by atoms with E-state index in [9.17, 15) is 0 Å². The van der Waals surface area contributed by atoms with Gasteiger partial charge < -0.3 is 4.90 Å². The van der Waals surface area contributed by atoms with Gasteiger partial charge in [0, 0.05) is 19.2 Å². The van der Waals surface area contributed by atoms with Crippen LogP contribution in [0.5, 0.6) is 0 Å². The molecule has 0 aromatic heterocycles.